The molecule has 2 bridgehead atoms. The standard InChI is InChI=1S/C19H23N3O2S.ClH/c1-24-17-5-3-2-4-15(17)16-11-25-19(21-16)22-18(23)10-12-8-13-6-7-14(9-12)20-13;/h2-5,11-14,20H,6-10H2,1H3,(H,21,22,23);1H. The van der Waals surface area contributed by atoms with Gasteiger partial charge in [0, 0.05) is 29.4 Å². The Morgan fingerprint density at radius 3 is 2.77 bits per heavy atom. The Hall–Kier alpha value is -1.63. The summed E-state index contributed by atoms with van der Waals surface area (Å²) < 4.78 is 5.39. The highest BCUT2D eigenvalue weighted by molar-refractivity contribution is 7.14. The molecule has 1 amide bonds. The number of carbonyl (C=O) groups is 1. The average Bonchev–Trinajstić information content (AvgIpc) is 3.21. The van der Waals surface area contributed by atoms with Crippen LogP contribution in [-0.2, 0) is 4.79 Å². The number of hydrogen-bond donors (Lipinski definition) is 2. The molecule has 2 N–H and O–H groups in total. The topological polar surface area (TPSA) is 63.2 Å². The zero-order valence-corrected chi connectivity index (χ0v) is 16.4. The lowest BCUT2D eigenvalue weighted by Crippen LogP contribution is -2.39. The second-order valence-electron chi connectivity index (χ2n) is 6.97. The minimum Gasteiger partial charge on any atom is -0.496 e. The molecule has 0 radical (unpaired) electrons. The summed E-state index contributed by atoms with van der Waals surface area (Å²) in [5.41, 5.74) is 1.77. The average molecular weight is 394 g/mol. The van der Waals surface area contributed by atoms with E-state index in [-0.39, 0.29) is 18.3 Å². The van der Waals surface area contributed by atoms with E-state index in [2.05, 4.69) is 15.6 Å². The number of nitrogens with zero attached hydrogens (tertiary/aromatic N) is 1. The molecule has 2 atom stereocenters. The number of anilines is 1. The molecule has 3 heterocycles. The quantitative estimate of drug-likeness (QED) is 0.802. The van der Waals surface area contributed by atoms with Gasteiger partial charge in [0.2, 0.25) is 5.91 Å². The molecule has 2 aromatic rings. The van der Waals surface area contributed by atoms with Crippen LogP contribution in [0.5, 0.6) is 5.75 Å². The van der Waals surface area contributed by atoms with Gasteiger partial charge in [0.15, 0.2) is 5.13 Å². The predicted octanol–water partition coefficient (Wildman–Crippen LogP) is 4.10. The maximum atomic E-state index is 12.4. The number of rotatable bonds is 5. The van der Waals surface area contributed by atoms with E-state index in [1.807, 2.05) is 29.6 Å². The minimum absolute atomic E-state index is 0. The van der Waals surface area contributed by atoms with Crippen molar-refractivity contribution in [3.8, 4) is 17.0 Å². The van der Waals surface area contributed by atoms with E-state index in [0.717, 1.165) is 29.8 Å². The molecule has 1 aromatic heterocycles. The highest BCUT2D eigenvalue weighted by Crippen LogP contribution is 2.34. The van der Waals surface area contributed by atoms with E-state index in [4.69, 9.17) is 4.74 Å². The normalized spacial score (nSPS) is 24.0. The Kier molecular flexibility index (Phi) is 6.16. The lowest BCUT2D eigenvalue weighted by molar-refractivity contribution is -0.117. The summed E-state index contributed by atoms with van der Waals surface area (Å²) in [4.78, 5) is 17.0. The van der Waals surface area contributed by atoms with E-state index < -0.39 is 0 Å². The molecule has 1 aromatic carbocycles. The maximum Gasteiger partial charge on any atom is 0.226 e. The third-order valence-corrected chi connectivity index (χ3v) is 5.94. The van der Waals surface area contributed by atoms with Gasteiger partial charge in [0.1, 0.15) is 5.75 Å². The number of hydrogen-bond acceptors (Lipinski definition) is 5. The fraction of sp³-hybridized carbons (Fsp3) is 0.474. The first kappa shape index (κ1) is 19.1. The molecule has 0 saturated carbocycles. The van der Waals surface area contributed by atoms with E-state index in [9.17, 15) is 4.79 Å². The van der Waals surface area contributed by atoms with Crippen LogP contribution in [0.25, 0.3) is 11.3 Å². The number of para-hydroxylation sites is 1. The van der Waals surface area contributed by atoms with Crippen molar-refractivity contribution in [2.45, 2.75) is 44.2 Å². The number of benzene rings is 1. The Bertz CT molecular complexity index is 755. The Morgan fingerprint density at radius 1 is 1.31 bits per heavy atom. The molecule has 0 aliphatic carbocycles. The van der Waals surface area contributed by atoms with Crippen LogP contribution in [0.15, 0.2) is 29.6 Å². The number of piperidine rings is 1. The fourth-order valence-electron chi connectivity index (χ4n) is 4.09. The van der Waals surface area contributed by atoms with Crippen molar-refractivity contribution in [3.63, 3.8) is 0 Å². The van der Waals surface area contributed by atoms with Gasteiger partial charge >= 0.3 is 0 Å². The second-order valence-corrected chi connectivity index (χ2v) is 7.82. The number of ether oxygens (including phenoxy) is 1. The van der Waals surface area contributed by atoms with Crippen molar-refractivity contribution in [1.29, 1.82) is 0 Å². The molecule has 4 rings (SSSR count). The van der Waals surface area contributed by atoms with Gasteiger partial charge in [-0.15, -0.1) is 23.7 Å². The molecule has 2 saturated heterocycles. The molecule has 2 fully saturated rings. The number of carbonyl (C=O) groups excluding carboxylic acids is 1. The summed E-state index contributed by atoms with van der Waals surface area (Å²) in [5.74, 6) is 1.36. The number of fused-ring (bicyclic) bond motifs is 2. The Balaban J connectivity index is 0.00000196. The molecule has 140 valence electrons. The zero-order chi connectivity index (χ0) is 17.2. The molecule has 5 nitrogen and oxygen atoms in total. The van der Waals surface area contributed by atoms with Gasteiger partial charge < -0.3 is 15.4 Å². The number of thiazole rings is 1. The third kappa shape index (κ3) is 4.19. The molecule has 2 unspecified atom stereocenters. The summed E-state index contributed by atoms with van der Waals surface area (Å²) in [6.07, 6.45) is 5.36. The Labute approximate surface area is 164 Å². The summed E-state index contributed by atoms with van der Waals surface area (Å²) >= 11 is 1.46. The molecule has 0 spiro atoms. The van der Waals surface area contributed by atoms with Crippen LogP contribution in [-0.4, -0.2) is 30.1 Å². The maximum absolute atomic E-state index is 12.4. The summed E-state index contributed by atoms with van der Waals surface area (Å²) in [6.45, 7) is 0. The lowest BCUT2D eigenvalue weighted by atomic mass is 9.89. The van der Waals surface area contributed by atoms with Crippen molar-refractivity contribution in [2.75, 3.05) is 12.4 Å². The predicted molar refractivity (Wildman–Crippen MR) is 107 cm³/mol. The monoisotopic (exact) mass is 393 g/mol. The van der Waals surface area contributed by atoms with Crippen molar-refractivity contribution in [2.24, 2.45) is 5.92 Å². The van der Waals surface area contributed by atoms with Crippen molar-refractivity contribution in [3.05, 3.63) is 29.6 Å². The number of nitrogens with one attached hydrogen (secondary N) is 2. The number of halogens is 1. The van der Waals surface area contributed by atoms with Gasteiger partial charge in [-0.3, -0.25) is 4.79 Å². The lowest BCUT2D eigenvalue weighted by Gasteiger charge is -2.28. The first-order valence-corrected chi connectivity index (χ1v) is 9.74. The first-order chi connectivity index (χ1) is 12.2. The fourth-order valence-corrected chi connectivity index (χ4v) is 4.81. The van der Waals surface area contributed by atoms with Crippen LogP contribution in [0.3, 0.4) is 0 Å². The first-order valence-electron chi connectivity index (χ1n) is 8.86. The number of amides is 1. The van der Waals surface area contributed by atoms with Crippen LogP contribution in [0, 0.1) is 5.92 Å². The van der Waals surface area contributed by atoms with E-state index in [1.54, 1.807) is 7.11 Å². The van der Waals surface area contributed by atoms with E-state index in [0.29, 0.717) is 29.6 Å². The molecular formula is C19H24ClN3O2S. The smallest absolute Gasteiger partial charge is 0.226 e. The molecule has 26 heavy (non-hydrogen) atoms. The van der Waals surface area contributed by atoms with Crippen LogP contribution < -0.4 is 15.4 Å². The molecular weight excluding hydrogens is 370 g/mol. The highest BCUT2D eigenvalue weighted by Gasteiger charge is 2.34. The van der Waals surface area contributed by atoms with Gasteiger partial charge in [-0.25, -0.2) is 4.98 Å². The van der Waals surface area contributed by atoms with Gasteiger partial charge in [-0.1, -0.05) is 12.1 Å². The Morgan fingerprint density at radius 2 is 2.04 bits per heavy atom. The van der Waals surface area contributed by atoms with Gasteiger partial charge in [0.25, 0.3) is 0 Å². The SMILES string of the molecule is COc1ccccc1-c1csc(NC(=O)CC2CC3CCC(C2)N3)n1.Cl. The van der Waals surface area contributed by atoms with Crippen molar-refractivity contribution in [1.82, 2.24) is 10.3 Å². The molecule has 2 aliphatic heterocycles. The van der Waals surface area contributed by atoms with Crippen LogP contribution in [0.1, 0.15) is 32.1 Å². The summed E-state index contributed by atoms with van der Waals surface area (Å²) in [5, 5.41) is 9.21. The number of methoxy groups -OCH3 is 1. The van der Waals surface area contributed by atoms with Crippen LogP contribution in [0.4, 0.5) is 5.13 Å². The van der Waals surface area contributed by atoms with Crippen molar-refractivity contribution >= 4 is 34.8 Å². The van der Waals surface area contributed by atoms with E-state index in [1.165, 1.54) is 24.2 Å². The van der Waals surface area contributed by atoms with Crippen LogP contribution in [0.2, 0.25) is 0 Å². The molecule has 7 heteroatoms. The van der Waals surface area contributed by atoms with Crippen molar-refractivity contribution < 1.29 is 9.53 Å². The largest absolute Gasteiger partial charge is 0.496 e. The third-order valence-electron chi connectivity index (χ3n) is 5.18. The number of aromatic nitrogens is 1. The van der Waals surface area contributed by atoms with E-state index >= 15 is 0 Å². The van der Waals surface area contributed by atoms with Crippen LogP contribution >= 0.6 is 23.7 Å². The zero-order valence-electron chi connectivity index (χ0n) is 14.7. The highest BCUT2D eigenvalue weighted by atomic mass is 35.5. The van der Waals surface area contributed by atoms with Gasteiger partial charge in [-0.2, -0.15) is 0 Å². The summed E-state index contributed by atoms with van der Waals surface area (Å²) in [7, 11) is 1.65. The second kappa shape index (κ2) is 8.37. The minimum atomic E-state index is 0. The van der Waals surface area contributed by atoms with Gasteiger partial charge in [0.05, 0.1) is 12.8 Å². The summed E-state index contributed by atoms with van der Waals surface area (Å²) in [6, 6.07) is 9.02. The van der Waals surface area contributed by atoms with Gasteiger partial charge in [-0.05, 0) is 43.7 Å². The molecule has 2 aliphatic rings.